The molecule has 44 heavy (non-hydrogen) atoms. The number of hydrogen-bond acceptors (Lipinski definition) is 5. The summed E-state index contributed by atoms with van der Waals surface area (Å²) in [4.78, 5) is 19.7. The van der Waals surface area contributed by atoms with Crippen molar-refractivity contribution in [1.29, 1.82) is 0 Å². The van der Waals surface area contributed by atoms with Crippen LogP contribution in [-0.4, -0.2) is 24.5 Å². The van der Waals surface area contributed by atoms with Gasteiger partial charge in [-0.1, -0.05) is 121 Å². The third kappa shape index (κ3) is 3.85. The Hall–Kier alpha value is -5.72. The largest absolute Gasteiger partial charge is 0.276 e. The van der Waals surface area contributed by atoms with Crippen LogP contribution in [0, 0.1) is 0 Å². The number of benzene rings is 5. The Morgan fingerprint density at radius 3 is 1.77 bits per heavy atom. The predicted molar refractivity (Wildman–Crippen MR) is 181 cm³/mol. The molecular formula is C38H23N5S. The molecule has 5 nitrogen and oxygen atoms in total. The molecule has 0 aliphatic heterocycles. The Bertz CT molecular complexity index is 2430. The number of fused-ring (bicyclic) bond motifs is 7. The molecular weight excluding hydrogens is 559 g/mol. The van der Waals surface area contributed by atoms with Crippen LogP contribution in [0.3, 0.4) is 0 Å². The standard InChI is InChI=1S/C38H23N5S/c1-4-11-24(12-5-1)27-17-10-18-29-30-20-19-28-31-23-39-22-21-32(31)43(33(28)35(30)44-34(27)29)38-41-36(25-13-6-2-7-14-25)40-37(42-38)26-15-8-3-9-16-26/h1-23H. The lowest BCUT2D eigenvalue weighted by Crippen LogP contribution is -2.06. The Balaban J connectivity index is 1.41. The molecule has 0 atom stereocenters. The van der Waals surface area contributed by atoms with E-state index in [4.69, 9.17) is 15.0 Å². The summed E-state index contributed by atoms with van der Waals surface area (Å²) in [5, 5.41) is 4.64. The van der Waals surface area contributed by atoms with E-state index >= 15 is 0 Å². The van der Waals surface area contributed by atoms with Crippen molar-refractivity contribution < 1.29 is 0 Å². The van der Waals surface area contributed by atoms with Gasteiger partial charge in [-0.15, -0.1) is 11.3 Å². The summed E-state index contributed by atoms with van der Waals surface area (Å²) in [6.45, 7) is 0. The first-order valence-corrected chi connectivity index (χ1v) is 15.3. The summed E-state index contributed by atoms with van der Waals surface area (Å²) in [6.07, 6.45) is 3.78. The second-order valence-corrected chi connectivity index (χ2v) is 11.8. The van der Waals surface area contributed by atoms with Gasteiger partial charge in [0.15, 0.2) is 11.6 Å². The minimum absolute atomic E-state index is 0.581. The molecule has 0 bridgehead atoms. The van der Waals surface area contributed by atoms with Crippen LogP contribution in [0.15, 0.2) is 140 Å². The van der Waals surface area contributed by atoms with Crippen LogP contribution in [-0.2, 0) is 0 Å². The first-order valence-electron chi connectivity index (χ1n) is 14.5. The Kier molecular flexibility index (Phi) is 5.61. The highest BCUT2D eigenvalue weighted by molar-refractivity contribution is 7.27. The van der Waals surface area contributed by atoms with Crippen molar-refractivity contribution in [3.05, 3.63) is 140 Å². The van der Waals surface area contributed by atoms with Gasteiger partial charge in [-0.2, -0.15) is 9.97 Å². The van der Waals surface area contributed by atoms with E-state index in [0.29, 0.717) is 17.6 Å². The molecule has 9 aromatic rings. The van der Waals surface area contributed by atoms with Gasteiger partial charge < -0.3 is 0 Å². The normalized spacial score (nSPS) is 11.6. The molecule has 6 heteroatoms. The Morgan fingerprint density at radius 2 is 1.09 bits per heavy atom. The van der Waals surface area contributed by atoms with Crippen LogP contribution in [0.25, 0.3) is 81.8 Å². The lowest BCUT2D eigenvalue weighted by molar-refractivity contribution is 0.955. The van der Waals surface area contributed by atoms with Crippen molar-refractivity contribution in [2.24, 2.45) is 0 Å². The zero-order chi connectivity index (χ0) is 29.0. The highest BCUT2D eigenvalue weighted by Gasteiger charge is 2.22. The minimum atomic E-state index is 0.581. The van der Waals surface area contributed by atoms with Gasteiger partial charge >= 0.3 is 0 Å². The summed E-state index contributed by atoms with van der Waals surface area (Å²) in [5.74, 6) is 1.85. The smallest absolute Gasteiger partial charge is 0.238 e. The molecule has 0 amide bonds. The fourth-order valence-corrected chi connectivity index (χ4v) is 7.52. The van der Waals surface area contributed by atoms with E-state index in [1.54, 1.807) is 0 Å². The van der Waals surface area contributed by atoms with Crippen molar-refractivity contribution in [2.75, 3.05) is 0 Å². The van der Waals surface area contributed by atoms with Crippen molar-refractivity contribution >= 4 is 53.3 Å². The highest BCUT2D eigenvalue weighted by Crippen LogP contribution is 2.45. The van der Waals surface area contributed by atoms with E-state index < -0.39 is 0 Å². The molecule has 0 unspecified atom stereocenters. The lowest BCUT2D eigenvalue weighted by Gasteiger charge is -2.11. The molecule has 0 aliphatic rings. The summed E-state index contributed by atoms with van der Waals surface area (Å²) >= 11 is 1.83. The molecule has 0 saturated carbocycles. The monoisotopic (exact) mass is 581 g/mol. The van der Waals surface area contributed by atoms with E-state index in [2.05, 4.69) is 76.3 Å². The second-order valence-electron chi connectivity index (χ2n) is 10.7. The third-order valence-electron chi connectivity index (χ3n) is 8.17. The van der Waals surface area contributed by atoms with Crippen molar-refractivity contribution in [2.45, 2.75) is 0 Å². The second kappa shape index (κ2) is 9.93. The zero-order valence-electron chi connectivity index (χ0n) is 23.4. The molecule has 0 fully saturated rings. The maximum Gasteiger partial charge on any atom is 0.238 e. The summed E-state index contributed by atoms with van der Waals surface area (Å²) in [7, 11) is 0. The van der Waals surface area contributed by atoms with Crippen LogP contribution < -0.4 is 0 Å². The van der Waals surface area contributed by atoms with Crippen LogP contribution in [0.1, 0.15) is 0 Å². The maximum atomic E-state index is 5.12. The molecule has 0 aliphatic carbocycles. The Morgan fingerprint density at radius 1 is 0.477 bits per heavy atom. The van der Waals surface area contributed by atoms with E-state index in [0.717, 1.165) is 32.9 Å². The van der Waals surface area contributed by atoms with Crippen molar-refractivity contribution in [3.8, 4) is 39.9 Å². The van der Waals surface area contributed by atoms with E-state index in [1.807, 2.05) is 84.4 Å². The first-order chi connectivity index (χ1) is 21.8. The SMILES string of the molecule is c1ccc(-c2nc(-c3ccccc3)nc(-n3c4ccncc4c4ccc5c6cccc(-c7ccccc7)c6sc5c43)n2)cc1. The van der Waals surface area contributed by atoms with Gasteiger partial charge in [0.2, 0.25) is 5.95 Å². The van der Waals surface area contributed by atoms with Gasteiger partial charge in [-0.3, -0.25) is 9.55 Å². The molecule has 9 rings (SSSR count). The molecule has 0 N–H and O–H groups in total. The fourth-order valence-electron chi connectivity index (χ4n) is 6.15. The average Bonchev–Trinajstić information content (AvgIpc) is 3.65. The van der Waals surface area contributed by atoms with Crippen LogP contribution in [0.2, 0.25) is 0 Å². The van der Waals surface area contributed by atoms with E-state index in [9.17, 15) is 0 Å². The quantitative estimate of drug-likeness (QED) is 0.208. The summed E-state index contributed by atoms with van der Waals surface area (Å²) in [6, 6.07) is 44.0. The molecule has 206 valence electrons. The topological polar surface area (TPSA) is 56.5 Å². The first kappa shape index (κ1) is 24.8. The minimum Gasteiger partial charge on any atom is -0.276 e. The number of pyridine rings is 1. The number of nitrogens with zero attached hydrogens (tertiary/aromatic N) is 5. The molecule has 0 saturated heterocycles. The molecule has 0 radical (unpaired) electrons. The molecule has 5 aromatic carbocycles. The fraction of sp³-hybridized carbons (Fsp3) is 0. The number of aromatic nitrogens is 5. The van der Waals surface area contributed by atoms with Crippen molar-refractivity contribution in [3.63, 3.8) is 0 Å². The number of rotatable bonds is 4. The highest BCUT2D eigenvalue weighted by atomic mass is 32.1. The third-order valence-corrected chi connectivity index (χ3v) is 9.43. The average molecular weight is 582 g/mol. The van der Waals surface area contributed by atoms with Crippen LogP contribution >= 0.6 is 11.3 Å². The summed E-state index contributed by atoms with van der Waals surface area (Å²) in [5.41, 5.74) is 6.41. The predicted octanol–water partition coefficient (Wildman–Crippen LogP) is 9.73. The van der Waals surface area contributed by atoms with Gasteiger partial charge in [0.05, 0.1) is 15.7 Å². The van der Waals surface area contributed by atoms with Gasteiger partial charge in [0.1, 0.15) is 0 Å². The van der Waals surface area contributed by atoms with E-state index in [1.165, 1.54) is 31.3 Å². The number of thiophene rings is 1. The van der Waals surface area contributed by atoms with Crippen LogP contribution in [0.5, 0.6) is 0 Å². The molecule has 4 aromatic heterocycles. The van der Waals surface area contributed by atoms with Crippen LogP contribution in [0.4, 0.5) is 0 Å². The van der Waals surface area contributed by atoms with Gasteiger partial charge in [0.25, 0.3) is 0 Å². The summed E-state index contributed by atoms with van der Waals surface area (Å²) < 4.78 is 4.66. The molecule has 0 spiro atoms. The molecule has 4 heterocycles. The maximum absolute atomic E-state index is 5.12. The van der Waals surface area contributed by atoms with Crippen molar-refractivity contribution in [1.82, 2.24) is 24.5 Å². The zero-order valence-corrected chi connectivity index (χ0v) is 24.2. The van der Waals surface area contributed by atoms with Gasteiger partial charge in [-0.05, 0) is 17.2 Å². The lowest BCUT2D eigenvalue weighted by atomic mass is 10.0. The van der Waals surface area contributed by atoms with Gasteiger partial charge in [-0.25, -0.2) is 4.98 Å². The Labute approximate surface area is 256 Å². The van der Waals surface area contributed by atoms with E-state index in [-0.39, 0.29) is 0 Å². The number of hydrogen-bond donors (Lipinski definition) is 0. The van der Waals surface area contributed by atoms with Gasteiger partial charge in [0, 0.05) is 49.8 Å².